The molecule has 0 radical (unpaired) electrons. The van der Waals surface area contributed by atoms with Crippen LogP contribution in [0, 0.1) is 17.0 Å². The van der Waals surface area contributed by atoms with Crippen LogP contribution in [-0.2, 0) is 5.41 Å². The van der Waals surface area contributed by atoms with Crippen LogP contribution in [0.25, 0.3) is 0 Å². The Labute approximate surface area is 101 Å². The molecule has 0 aromatic heterocycles. The highest BCUT2D eigenvalue weighted by molar-refractivity contribution is 5.45. The van der Waals surface area contributed by atoms with Gasteiger partial charge in [-0.25, -0.2) is 0 Å². The molecule has 1 aliphatic carbocycles. The third-order valence-corrected chi connectivity index (χ3v) is 3.97. The molecule has 2 rings (SSSR count). The summed E-state index contributed by atoms with van der Waals surface area (Å²) >= 11 is 0. The topological polar surface area (TPSA) is 69.2 Å². The number of nitro groups is 1. The first-order chi connectivity index (χ1) is 8.09. The lowest BCUT2D eigenvalue weighted by Crippen LogP contribution is -2.32. The SMILES string of the molecule is Cc1ccc(C2(CN)CCCC2)cc1[N+](=O)[O-]. The van der Waals surface area contributed by atoms with E-state index in [2.05, 4.69) is 0 Å². The van der Waals surface area contributed by atoms with Gasteiger partial charge in [0.05, 0.1) is 4.92 Å². The number of hydrogen-bond donors (Lipinski definition) is 1. The van der Waals surface area contributed by atoms with Crippen LogP contribution in [0.2, 0.25) is 0 Å². The van der Waals surface area contributed by atoms with Crippen LogP contribution in [0.5, 0.6) is 0 Å². The molecule has 0 heterocycles. The van der Waals surface area contributed by atoms with Crippen molar-refractivity contribution in [3.8, 4) is 0 Å². The van der Waals surface area contributed by atoms with Gasteiger partial charge in [-0.15, -0.1) is 0 Å². The van der Waals surface area contributed by atoms with Crippen molar-refractivity contribution in [1.82, 2.24) is 0 Å². The molecule has 0 amide bonds. The average molecular weight is 234 g/mol. The molecule has 0 unspecified atom stereocenters. The van der Waals surface area contributed by atoms with Gasteiger partial charge in [-0.3, -0.25) is 10.1 Å². The Hall–Kier alpha value is -1.42. The molecular formula is C13H18N2O2. The third-order valence-electron chi connectivity index (χ3n) is 3.97. The third kappa shape index (κ3) is 2.05. The number of nitro benzene ring substituents is 1. The van der Waals surface area contributed by atoms with E-state index in [1.165, 1.54) is 12.8 Å². The van der Waals surface area contributed by atoms with E-state index in [0.717, 1.165) is 18.4 Å². The molecule has 4 heteroatoms. The van der Waals surface area contributed by atoms with Crippen LogP contribution in [0.3, 0.4) is 0 Å². The Kier molecular flexibility index (Phi) is 3.15. The number of nitrogens with zero attached hydrogens (tertiary/aromatic N) is 1. The van der Waals surface area contributed by atoms with Gasteiger partial charge in [0.25, 0.3) is 5.69 Å². The first kappa shape index (κ1) is 12.0. The molecule has 0 atom stereocenters. The van der Waals surface area contributed by atoms with Crippen molar-refractivity contribution >= 4 is 5.69 Å². The molecule has 1 aliphatic rings. The minimum atomic E-state index is -0.308. The highest BCUT2D eigenvalue weighted by Gasteiger charge is 2.35. The molecule has 2 N–H and O–H groups in total. The Morgan fingerprint density at radius 2 is 2.06 bits per heavy atom. The van der Waals surface area contributed by atoms with Crippen molar-refractivity contribution in [2.75, 3.05) is 6.54 Å². The predicted octanol–water partition coefficient (Wildman–Crippen LogP) is 2.67. The summed E-state index contributed by atoms with van der Waals surface area (Å²) in [4.78, 5) is 10.6. The van der Waals surface area contributed by atoms with E-state index in [1.807, 2.05) is 12.1 Å². The molecule has 1 fully saturated rings. The standard InChI is InChI=1S/C13H18N2O2/c1-10-4-5-11(8-12(10)15(16)17)13(9-14)6-2-3-7-13/h4-5,8H,2-3,6-7,9,14H2,1H3. The van der Waals surface area contributed by atoms with Crippen molar-refractivity contribution in [1.29, 1.82) is 0 Å². The molecule has 0 aliphatic heterocycles. The minimum Gasteiger partial charge on any atom is -0.330 e. The first-order valence-corrected chi connectivity index (χ1v) is 6.05. The molecule has 1 saturated carbocycles. The van der Waals surface area contributed by atoms with Crippen LogP contribution in [-0.4, -0.2) is 11.5 Å². The van der Waals surface area contributed by atoms with Crippen molar-refractivity contribution in [3.63, 3.8) is 0 Å². The molecular weight excluding hydrogens is 216 g/mol. The van der Waals surface area contributed by atoms with E-state index in [0.29, 0.717) is 12.1 Å². The lowest BCUT2D eigenvalue weighted by atomic mass is 9.78. The van der Waals surface area contributed by atoms with Crippen LogP contribution in [0.4, 0.5) is 5.69 Å². The number of aryl methyl sites for hydroxylation is 1. The fourth-order valence-corrected chi connectivity index (χ4v) is 2.80. The lowest BCUT2D eigenvalue weighted by molar-refractivity contribution is -0.385. The van der Waals surface area contributed by atoms with Gasteiger partial charge in [-0.05, 0) is 25.3 Å². The molecule has 92 valence electrons. The lowest BCUT2D eigenvalue weighted by Gasteiger charge is -2.27. The largest absolute Gasteiger partial charge is 0.330 e. The fraction of sp³-hybridized carbons (Fsp3) is 0.538. The van der Waals surface area contributed by atoms with Crippen molar-refractivity contribution in [2.45, 2.75) is 38.0 Å². The second-order valence-corrected chi connectivity index (χ2v) is 4.95. The van der Waals surface area contributed by atoms with E-state index < -0.39 is 0 Å². The summed E-state index contributed by atoms with van der Waals surface area (Å²) in [5.74, 6) is 0. The second-order valence-electron chi connectivity index (χ2n) is 4.95. The van der Waals surface area contributed by atoms with Crippen LogP contribution < -0.4 is 5.73 Å². The van der Waals surface area contributed by atoms with Gasteiger partial charge in [0, 0.05) is 23.6 Å². The summed E-state index contributed by atoms with van der Waals surface area (Å²) in [5.41, 5.74) is 7.83. The van der Waals surface area contributed by atoms with Crippen molar-refractivity contribution in [3.05, 3.63) is 39.4 Å². The normalized spacial score (nSPS) is 18.2. The number of nitrogens with two attached hydrogens (primary N) is 1. The predicted molar refractivity (Wildman–Crippen MR) is 67.0 cm³/mol. The average Bonchev–Trinajstić information content (AvgIpc) is 2.79. The van der Waals surface area contributed by atoms with E-state index in [-0.39, 0.29) is 16.0 Å². The van der Waals surface area contributed by atoms with Crippen LogP contribution >= 0.6 is 0 Å². The Bertz CT molecular complexity index is 437. The molecule has 4 nitrogen and oxygen atoms in total. The van der Waals surface area contributed by atoms with Crippen molar-refractivity contribution in [2.24, 2.45) is 5.73 Å². The molecule has 1 aromatic rings. The zero-order valence-corrected chi connectivity index (χ0v) is 10.1. The fourth-order valence-electron chi connectivity index (χ4n) is 2.80. The minimum absolute atomic E-state index is 0.0293. The molecule has 1 aromatic carbocycles. The number of benzene rings is 1. The highest BCUT2D eigenvalue weighted by Crippen LogP contribution is 2.41. The Morgan fingerprint density at radius 3 is 2.59 bits per heavy atom. The first-order valence-electron chi connectivity index (χ1n) is 6.05. The van der Waals surface area contributed by atoms with Gasteiger partial charge < -0.3 is 5.73 Å². The van der Waals surface area contributed by atoms with Gasteiger partial charge in [0.1, 0.15) is 0 Å². The van der Waals surface area contributed by atoms with Crippen LogP contribution in [0.1, 0.15) is 36.8 Å². The highest BCUT2D eigenvalue weighted by atomic mass is 16.6. The van der Waals surface area contributed by atoms with Gasteiger partial charge in [-0.1, -0.05) is 25.0 Å². The summed E-state index contributed by atoms with van der Waals surface area (Å²) in [6.07, 6.45) is 4.42. The van der Waals surface area contributed by atoms with Crippen molar-refractivity contribution < 1.29 is 4.92 Å². The maximum Gasteiger partial charge on any atom is 0.272 e. The molecule has 0 saturated heterocycles. The van der Waals surface area contributed by atoms with E-state index >= 15 is 0 Å². The Morgan fingerprint density at radius 1 is 1.41 bits per heavy atom. The van der Waals surface area contributed by atoms with Gasteiger partial charge >= 0.3 is 0 Å². The summed E-state index contributed by atoms with van der Waals surface area (Å²) < 4.78 is 0. The monoisotopic (exact) mass is 234 g/mol. The summed E-state index contributed by atoms with van der Waals surface area (Å²) in [6.45, 7) is 2.35. The van der Waals surface area contributed by atoms with E-state index in [4.69, 9.17) is 5.73 Å². The van der Waals surface area contributed by atoms with Gasteiger partial charge in [-0.2, -0.15) is 0 Å². The molecule has 0 spiro atoms. The molecule has 0 bridgehead atoms. The van der Waals surface area contributed by atoms with Gasteiger partial charge in [0.15, 0.2) is 0 Å². The second kappa shape index (κ2) is 4.45. The zero-order valence-electron chi connectivity index (χ0n) is 10.1. The smallest absolute Gasteiger partial charge is 0.272 e. The molecule has 17 heavy (non-hydrogen) atoms. The van der Waals surface area contributed by atoms with E-state index in [1.54, 1.807) is 13.0 Å². The Balaban J connectivity index is 2.45. The zero-order chi connectivity index (χ0) is 12.5. The quantitative estimate of drug-likeness (QED) is 0.645. The summed E-state index contributed by atoms with van der Waals surface area (Å²) in [5, 5.41) is 11.0. The summed E-state index contributed by atoms with van der Waals surface area (Å²) in [7, 11) is 0. The van der Waals surface area contributed by atoms with E-state index in [9.17, 15) is 10.1 Å². The number of rotatable bonds is 3. The maximum atomic E-state index is 11.0. The number of hydrogen-bond acceptors (Lipinski definition) is 3. The maximum absolute atomic E-state index is 11.0. The van der Waals surface area contributed by atoms with Crippen LogP contribution in [0.15, 0.2) is 18.2 Å². The summed E-state index contributed by atoms with van der Waals surface area (Å²) in [6, 6.07) is 5.55. The van der Waals surface area contributed by atoms with Gasteiger partial charge in [0.2, 0.25) is 0 Å².